The third kappa shape index (κ3) is 4.07. The van der Waals surface area contributed by atoms with Crippen molar-refractivity contribution in [2.24, 2.45) is 17.6 Å². The number of amides is 1. The minimum Gasteiger partial charge on any atom is -0.352 e. The first kappa shape index (κ1) is 18.3. The number of carbonyl (C=O) groups is 1. The summed E-state index contributed by atoms with van der Waals surface area (Å²) in [5.41, 5.74) is 8.49. The van der Waals surface area contributed by atoms with Gasteiger partial charge in [0.25, 0.3) is 0 Å². The lowest BCUT2D eigenvalue weighted by atomic mass is 9.67. The van der Waals surface area contributed by atoms with E-state index >= 15 is 0 Å². The third-order valence-corrected chi connectivity index (χ3v) is 5.62. The zero-order valence-corrected chi connectivity index (χ0v) is 14.9. The maximum Gasteiger partial charge on any atom is 0.227 e. The molecule has 3 rings (SSSR count). The lowest BCUT2D eigenvalue weighted by molar-refractivity contribution is -0.124. The smallest absolute Gasteiger partial charge is 0.227 e. The Kier molecular flexibility index (Phi) is 6.10. The van der Waals surface area contributed by atoms with Crippen LogP contribution in [0, 0.1) is 18.8 Å². The number of rotatable bonds is 3. The van der Waals surface area contributed by atoms with Crippen molar-refractivity contribution in [2.45, 2.75) is 64.0 Å². The maximum absolute atomic E-state index is 12.7. The topological polar surface area (TPSA) is 55.1 Å². The normalized spacial score (nSPS) is 30.9. The number of nitrogens with two attached hydrogens (primary N) is 1. The van der Waals surface area contributed by atoms with Crippen LogP contribution in [0.15, 0.2) is 24.3 Å². The van der Waals surface area contributed by atoms with Crippen LogP contribution in [-0.4, -0.2) is 18.0 Å². The minimum atomic E-state index is -0.0868. The van der Waals surface area contributed by atoms with Gasteiger partial charge < -0.3 is 11.1 Å². The molecule has 3 atom stereocenters. The summed E-state index contributed by atoms with van der Waals surface area (Å²) >= 11 is 0. The van der Waals surface area contributed by atoms with Gasteiger partial charge in [-0.2, -0.15) is 0 Å². The van der Waals surface area contributed by atoms with Gasteiger partial charge in [0.1, 0.15) is 0 Å². The zero-order valence-electron chi connectivity index (χ0n) is 14.1. The number of halogens is 1. The molecule has 3 unspecified atom stereocenters. The molecule has 0 aliphatic heterocycles. The first-order valence-electron chi connectivity index (χ1n) is 8.67. The van der Waals surface area contributed by atoms with E-state index in [1.54, 1.807) is 0 Å². The summed E-state index contributed by atoms with van der Waals surface area (Å²) in [6.45, 7) is 4.08. The number of hydrogen-bond acceptors (Lipinski definition) is 2. The van der Waals surface area contributed by atoms with Crippen molar-refractivity contribution in [3.8, 4) is 0 Å². The van der Waals surface area contributed by atoms with Crippen molar-refractivity contribution < 1.29 is 4.79 Å². The monoisotopic (exact) mass is 336 g/mol. The molecule has 3 nitrogen and oxygen atoms in total. The molecule has 1 aromatic rings. The Hall–Kier alpha value is -1.06. The molecule has 3 N–H and O–H groups in total. The number of hydrogen-bond donors (Lipinski definition) is 2. The molecule has 0 spiro atoms. The highest BCUT2D eigenvalue weighted by atomic mass is 35.5. The van der Waals surface area contributed by atoms with E-state index in [9.17, 15) is 4.79 Å². The Bertz CT molecular complexity index is 534. The first-order valence-corrected chi connectivity index (χ1v) is 8.67. The van der Waals surface area contributed by atoms with Gasteiger partial charge >= 0.3 is 0 Å². The van der Waals surface area contributed by atoms with Gasteiger partial charge in [-0.05, 0) is 56.9 Å². The first-order chi connectivity index (χ1) is 10.5. The molecule has 2 aliphatic rings. The molecule has 0 aromatic heterocycles. The van der Waals surface area contributed by atoms with Crippen LogP contribution in [0.3, 0.4) is 0 Å². The van der Waals surface area contributed by atoms with E-state index in [-0.39, 0.29) is 24.2 Å². The lowest BCUT2D eigenvalue weighted by Crippen LogP contribution is -2.54. The summed E-state index contributed by atoms with van der Waals surface area (Å²) < 4.78 is 0. The molecule has 0 heterocycles. The minimum absolute atomic E-state index is 0. The second-order valence-corrected chi connectivity index (χ2v) is 7.35. The van der Waals surface area contributed by atoms with Crippen LogP contribution < -0.4 is 11.1 Å². The van der Waals surface area contributed by atoms with E-state index in [1.807, 2.05) is 13.0 Å². The second kappa shape index (κ2) is 7.67. The van der Waals surface area contributed by atoms with Gasteiger partial charge in [-0.3, -0.25) is 4.79 Å². The van der Waals surface area contributed by atoms with Crippen molar-refractivity contribution in [3.05, 3.63) is 35.4 Å². The molecule has 2 saturated carbocycles. The van der Waals surface area contributed by atoms with Gasteiger partial charge in [-0.15, -0.1) is 12.4 Å². The van der Waals surface area contributed by atoms with E-state index < -0.39 is 0 Å². The molecular weight excluding hydrogens is 308 g/mol. The summed E-state index contributed by atoms with van der Waals surface area (Å²) in [4.78, 5) is 12.7. The molecule has 2 fully saturated rings. The molecular formula is C19H29ClN2O. The molecule has 2 aliphatic carbocycles. The van der Waals surface area contributed by atoms with Crippen molar-refractivity contribution in [1.82, 2.24) is 5.32 Å². The summed E-state index contributed by atoms with van der Waals surface area (Å²) in [5, 5.41) is 3.36. The largest absolute Gasteiger partial charge is 0.352 e. The number of benzene rings is 1. The highest BCUT2D eigenvalue weighted by Gasteiger charge is 2.40. The fourth-order valence-electron chi connectivity index (χ4n) is 4.40. The zero-order chi connectivity index (χ0) is 15.7. The fourth-order valence-corrected chi connectivity index (χ4v) is 4.40. The Labute approximate surface area is 145 Å². The highest BCUT2D eigenvalue weighted by Crippen LogP contribution is 2.39. The Morgan fingerprint density at radius 3 is 2.52 bits per heavy atom. The Morgan fingerprint density at radius 2 is 1.91 bits per heavy atom. The van der Waals surface area contributed by atoms with Crippen LogP contribution in [0.5, 0.6) is 0 Å². The van der Waals surface area contributed by atoms with Gasteiger partial charge in [0.05, 0.1) is 5.92 Å². The number of nitrogens with one attached hydrogen (secondary N) is 1. The van der Waals surface area contributed by atoms with Gasteiger partial charge in [0.2, 0.25) is 5.91 Å². The number of fused-ring (bicyclic) bond motifs is 2. The standard InChI is InChI=1S/C19H28N2O.ClH/c1-12-5-3-6-14(9-12)13(2)19(22)21-18-15-7-4-8-16(18)11-17(20)10-15;/h3,5-6,9,13,15-18H,4,7-8,10-11,20H2,1-2H3,(H,21,22);1H. The molecule has 1 amide bonds. The van der Waals surface area contributed by atoms with Crippen LogP contribution in [-0.2, 0) is 4.79 Å². The quantitative estimate of drug-likeness (QED) is 0.887. The average molecular weight is 337 g/mol. The summed E-state index contributed by atoms with van der Waals surface area (Å²) in [7, 11) is 0. The molecule has 0 radical (unpaired) electrons. The second-order valence-electron chi connectivity index (χ2n) is 7.35. The van der Waals surface area contributed by atoms with Crippen molar-refractivity contribution in [1.29, 1.82) is 0 Å². The summed E-state index contributed by atoms with van der Waals surface area (Å²) in [6, 6.07) is 8.94. The van der Waals surface area contributed by atoms with Crippen LogP contribution in [0.4, 0.5) is 0 Å². The van der Waals surface area contributed by atoms with E-state index in [1.165, 1.54) is 24.8 Å². The number of aryl methyl sites for hydroxylation is 1. The molecule has 2 bridgehead atoms. The molecule has 1 aromatic carbocycles. The van der Waals surface area contributed by atoms with Crippen LogP contribution in [0.1, 0.15) is 56.1 Å². The average Bonchev–Trinajstić information content (AvgIpc) is 2.47. The van der Waals surface area contributed by atoms with Crippen molar-refractivity contribution in [2.75, 3.05) is 0 Å². The highest BCUT2D eigenvalue weighted by molar-refractivity contribution is 5.85. The molecule has 0 saturated heterocycles. The van der Waals surface area contributed by atoms with E-state index in [0.717, 1.165) is 18.4 Å². The predicted octanol–water partition coefficient (Wildman–Crippen LogP) is 3.54. The van der Waals surface area contributed by atoms with E-state index in [2.05, 4.69) is 30.4 Å². The summed E-state index contributed by atoms with van der Waals surface area (Å²) in [5.74, 6) is 1.24. The SMILES string of the molecule is Cc1cccc(C(C)C(=O)NC2C3CCCC2CC(N)C3)c1.Cl. The lowest BCUT2D eigenvalue weighted by Gasteiger charge is -2.45. The molecule has 23 heavy (non-hydrogen) atoms. The van der Waals surface area contributed by atoms with E-state index in [0.29, 0.717) is 23.9 Å². The fraction of sp³-hybridized carbons (Fsp3) is 0.632. The van der Waals surface area contributed by atoms with E-state index in [4.69, 9.17) is 5.73 Å². The third-order valence-electron chi connectivity index (χ3n) is 5.62. The Morgan fingerprint density at radius 1 is 1.26 bits per heavy atom. The maximum atomic E-state index is 12.7. The predicted molar refractivity (Wildman–Crippen MR) is 96.8 cm³/mol. The van der Waals surface area contributed by atoms with Crippen LogP contribution in [0.25, 0.3) is 0 Å². The van der Waals surface area contributed by atoms with Crippen LogP contribution >= 0.6 is 12.4 Å². The van der Waals surface area contributed by atoms with Gasteiger partial charge in [-0.1, -0.05) is 36.2 Å². The van der Waals surface area contributed by atoms with Gasteiger partial charge in [-0.25, -0.2) is 0 Å². The Balaban J connectivity index is 0.00000192. The summed E-state index contributed by atoms with van der Waals surface area (Å²) in [6.07, 6.45) is 5.87. The number of carbonyl (C=O) groups excluding carboxylic acids is 1. The van der Waals surface area contributed by atoms with Crippen LogP contribution in [0.2, 0.25) is 0 Å². The molecule has 4 heteroatoms. The van der Waals surface area contributed by atoms with Crippen molar-refractivity contribution >= 4 is 18.3 Å². The van der Waals surface area contributed by atoms with Gasteiger partial charge in [0.15, 0.2) is 0 Å². The molecule has 128 valence electrons. The van der Waals surface area contributed by atoms with Crippen molar-refractivity contribution in [3.63, 3.8) is 0 Å². The van der Waals surface area contributed by atoms with Gasteiger partial charge in [0, 0.05) is 12.1 Å².